The third-order valence-electron chi connectivity index (χ3n) is 3.70. The number of carbonyl (C=O) groups is 1. The van der Waals surface area contributed by atoms with Gasteiger partial charge in [0.25, 0.3) is 0 Å². The van der Waals surface area contributed by atoms with Crippen molar-refractivity contribution in [2.24, 2.45) is 0 Å². The Labute approximate surface area is 134 Å². The van der Waals surface area contributed by atoms with E-state index in [1.807, 2.05) is 11.8 Å². The monoisotopic (exact) mass is 306 g/mol. The van der Waals surface area contributed by atoms with Crippen molar-refractivity contribution in [2.75, 3.05) is 26.2 Å². The quantitative estimate of drug-likeness (QED) is 0.742. The van der Waals surface area contributed by atoms with Gasteiger partial charge in [0.2, 0.25) is 0 Å². The molecule has 0 spiro atoms. The van der Waals surface area contributed by atoms with Gasteiger partial charge in [-0.3, -0.25) is 0 Å². The molecule has 0 aliphatic heterocycles. The number of hydrogen-bond acceptors (Lipinski definition) is 2. The van der Waals surface area contributed by atoms with Crippen molar-refractivity contribution >= 4 is 6.03 Å². The summed E-state index contributed by atoms with van der Waals surface area (Å²) in [5.74, 6) is 0.899. The molecule has 0 atom stereocenters. The number of nitrogens with one attached hydrogen (secondary N) is 1. The van der Waals surface area contributed by atoms with Crippen molar-refractivity contribution in [1.29, 1.82) is 0 Å². The summed E-state index contributed by atoms with van der Waals surface area (Å²) < 4.78 is 5.79. The zero-order chi connectivity index (χ0) is 16.5. The van der Waals surface area contributed by atoms with E-state index >= 15 is 0 Å². The number of nitrogens with zero attached hydrogens (tertiary/aromatic N) is 1. The predicted molar refractivity (Wildman–Crippen MR) is 91.7 cm³/mol. The standard InChI is InChI=1S/C18H30N2O2/c1-6-9-20(10-7-2)18(21)19-8-11-22-17-13-15(4)14(3)12-16(17)5/h12-13H,6-11H2,1-5H3,(H,19,21). The fourth-order valence-electron chi connectivity index (χ4n) is 2.38. The summed E-state index contributed by atoms with van der Waals surface area (Å²) >= 11 is 0. The van der Waals surface area contributed by atoms with Crippen LogP contribution >= 0.6 is 0 Å². The highest BCUT2D eigenvalue weighted by molar-refractivity contribution is 5.74. The fraction of sp³-hybridized carbons (Fsp3) is 0.611. The lowest BCUT2D eigenvalue weighted by atomic mass is 10.1. The van der Waals surface area contributed by atoms with Crippen LogP contribution in [-0.4, -0.2) is 37.2 Å². The molecule has 124 valence electrons. The zero-order valence-electron chi connectivity index (χ0n) is 14.7. The third-order valence-corrected chi connectivity index (χ3v) is 3.70. The molecule has 4 nitrogen and oxygen atoms in total. The normalized spacial score (nSPS) is 10.4. The van der Waals surface area contributed by atoms with Gasteiger partial charge in [-0.25, -0.2) is 4.79 Å². The lowest BCUT2D eigenvalue weighted by molar-refractivity contribution is 0.194. The maximum absolute atomic E-state index is 12.1. The van der Waals surface area contributed by atoms with Crippen molar-refractivity contribution in [3.8, 4) is 5.75 Å². The molecule has 0 aliphatic rings. The van der Waals surface area contributed by atoms with Crippen molar-refractivity contribution in [3.05, 3.63) is 28.8 Å². The summed E-state index contributed by atoms with van der Waals surface area (Å²) in [5.41, 5.74) is 3.63. The minimum absolute atomic E-state index is 0.00380. The average molecular weight is 306 g/mol. The molecule has 0 saturated carbocycles. The fourth-order valence-corrected chi connectivity index (χ4v) is 2.38. The van der Waals surface area contributed by atoms with E-state index in [1.165, 1.54) is 11.1 Å². The van der Waals surface area contributed by atoms with Crippen molar-refractivity contribution in [2.45, 2.75) is 47.5 Å². The maximum atomic E-state index is 12.1. The number of benzene rings is 1. The minimum atomic E-state index is 0.00380. The van der Waals surface area contributed by atoms with Gasteiger partial charge in [0.05, 0.1) is 6.54 Å². The number of aryl methyl sites for hydroxylation is 3. The van der Waals surface area contributed by atoms with Gasteiger partial charge < -0.3 is 15.0 Å². The Balaban J connectivity index is 2.41. The molecule has 0 bridgehead atoms. The Morgan fingerprint density at radius 1 is 1.05 bits per heavy atom. The summed E-state index contributed by atoms with van der Waals surface area (Å²) in [4.78, 5) is 13.9. The van der Waals surface area contributed by atoms with Gasteiger partial charge in [0, 0.05) is 13.1 Å². The van der Waals surface area contributed by atoms with E-state index in [0.717, 1.165) is 37.2 Å². The van der Waals surface area contributed by atoms with Crippen molar-refractivity contribution in [1.82, 2.24) is 10.2 Å². The third kappa shape index (κ3) is 5.58. The summed E-state index contributed by atoms with van der Waals surface area (Å²) in [6.45, 7) is 13.0. The van der Waals surface area contributed by atoms with Crippen LogP contribution in [0.25, 0.3) is 0 Å². The molecule has 1 aromatic carbocycles. The topological polar surface area (TPSA) is 41.6 Å². The highest BCUT2D eigenvalue weighted by atomic mass is 16.5. The zero-order valence-corrected chi connectivity index (χ0v) is 14.7. The van der Waals surface area contributed by atoms with Gasteiger partial charge in [-0.15, -0.1) is 0 Å². The van der Waals surface area contributed by atoms with E-state index < -0.39 is 0 Å². The van der Waals surface area contributed by atoms with Gasteiger partial charge in [-0.1, -0.05) is 19.9 Å². The molecular weight excluding hydrogens is 276 g/mol. The van der Waals surface area contributed by atoms with E-state index in [1.54, 1.807) is 0 Å². The van der Waals surface area contributed by atoms with Gasteiger partial charge in [-0.05, 0) is 56.4 Å². The highest BCUT2D eigenvalue weighted by Crippen LogP contribution is 2.22. The first-order valence-electron chi connectivity index (χ1n) is 8.23. The van der Waals surface area contributed by atoms with Crippen LogP contribution in [0.4, 0.5) is 4.79 Å². The van der Waals surface area contributed by atoms with Crippen LogP contribution in [0.2, 0.25) is 0 Å². The van der Waals surface area contributed by atoms with E-state index in [9.17, 15) is 4.79 Å². The predicted octanol–water partition coefficient (Wildman–Crippen LogP) is 3.82. The smallest absolute Gasteiger partial charge is 0.317 e. The molecule has 1 aromatic rings. The van der Waals surface area contributed by atoms with E-state index in [2.05, 4.69) is 45.1 Å². The second-order valence-corrected chi connectivity index (χ2v) is 5.77. The molecule has 0 aromatic heterocycles. The molecular formula is C18H30N2O2. The Kier molecular flexibility index (Phi) is 7.78. The number of rotatable bonds is 8. The van der Waals surface area contributed by atoms with Gasteiger partial charge in [-0.2, -0.15) is 0 Å². The summed E-state index contributed by atoms with van der Waals surface area (Å²) in [7, 11) is 0. The number of carbonyl (C=O) groups excluding carboxylic acids is 1. The number of ether oxygens (including phenoxy) is 1. The first-order valence-corrected chi connectivity index (χ1v) is 8.23. The molecule has 22 heavy (non-hydrogen) atoms. The number of amides is 2. The van der Waals surface area contributed by atoms with Crippen LogP contribution in [0.5, 0.6) is 5.75 Å². The average Bonchev–Trinajstić information content (AvgIpc) is 2.48. The molecule has 2 amide bonds. The molecule has 0 heterocycles. The van der Waals surface area contributed by atoms with Crippen LogP contribution in [0, 0.1) is 20.8 Å². The Bertz CT molecular complexity index is 480. The summed E-state index contributed by atoms with van der Waals surface area (Å²) in [6.07, 6.45) is 1.96. The molecule has 0 fully saturated rings. The highest BCUT2D eigenvalue weighted by Gasteiger charge is 2.10. The molecule has 0 unspecified atom stereocenters. The van der Waals surface area contributed by atoms with Crippen molar-refractivity contribution in [3.63, 3.8) is 0 Å². The van der Waals surface area contributed by atoms with Crippen LogP contribution in [-0.2, 0) is 0 Å². The number of hydrogen-bond donors (Lipinski definition) is 1. The first kappa shape index (κ1) is 18.3. The van der Waals surface area contributed by atoms with Gasteiger partial charge in [0.1, 0.15) is 12.4 Å². The SMILES string of the molecule is CCCN(CCC)C(=O)NCCOc1cc(C)c(C)cc1C. The second-order valence-electron chi connectivity index (χ2n) is 5.77. The molecule has 0 radical (unpaired) electrons. The molecule has 0 aliphatic carbocycles. The van der Waals surface area contributed by atoms with Crippen LogP contribution in [0.15, 0.2) is 12.1 Å². The Hall–Kier alpha value is -1.71. The van der Waals surface area contributed by atoms with E-state index in [4.69, 9.17) is 4.74 Å². The van der Waals surface area contributed by atoms with Crippen molar-refractivity contribution < 1.29 is 9.53 Å². The number of urea groups is 1. The van der Waals surface area contributed by atoms with Crippen LogP contribution in [0.1, 0.15) is 43.4 Å². The second kappa shape index (κ2) is 9.34. The summed E-state index contributed by atoms with van der Waals surface area (Å²) in [5, 5.41) is 2.93. The summed E-state index contributed by atoms with van der Waals surface area (Å²) in [6, 6.07) is 4.20. The molecule has 1 N–H and O–H groups in total. The lowest BCUT2D eigenvalue weighted by Gasteiger charge is -2.22. The van der Waals surface area contributed by atoms with Crippen LogP contribution in [0.3, 0.4) is 0 Å². The largest absolute Gasteiger partial charge is 0.491 e. The maximum Gasteiger partial charge on any atom is 0.317 e. The Morgan fingerprint density at radius 3 is 2.23 bits per heavy atom. The van der Waals surface area contributed by atoms with Gasteiger partial charge in [0.15, 0.2) is 0 Å². The lowest BCUT2D eigenvalue weighted by Crippen LogP contribution is -2.42. The van der Waals surface area contributed by atoms with E-state index in [0.29, 0.717) is 13.2 Å². The van der Waals surface area contributed by atoms with Crippen LogP contribution < -0.4 is 10.1 Å². The first-order chi connectivity index (χ1) is 10.5. The molecule has 4 heteroatoms. The minimum Gasteiger partial charge on any atom is -0.491 e. The van der Waals surface area contributed by atoms with E-state index in [-0.39, 0.29) is 6.03 Å². The molecule has 0 saturated heterocycles. The molecule has 1 rings (SSSR count). The Morgan fingerprint density at radius 2 is 1.64 bits per heavy atom. The van der Waals surface area contributed by atoms with Gasteiger partial charge >= 0.3 is 6.03 Å².